The van der Waals surface area contributed by atoms with Crippen LogP contribution in [0, 0.1) is 0 Å². The van der Waals surface area contributed by atoms with Crippen molar-refractivity contribution in [2.75, 3.05) is 5.32 Å². The van der Waals surface area contributed by atoms with Crippen LogP contribution in [0.4, 0.5) is 5.82 Å². The van der Waals surface area contributed by atoms with Crippen molar-refractivity contribution in [3.8, 4) is 0 Å². The van der Waals surface area contributed by atoms with E-state index >= 15 is 0 Å². The zero-order valence-electron chi connectivity index (χ0n) is 10.9. The average molecular weight is 308 g/mol. The molecule has 0 atom stereocenters. The van der Waals surface area contributed by atoms with E-state index in [1.807, 2.05) is 6.07 Å². The smallest absolute Gasteiger partial charge is 0.266 e. The Hall–Kier alpha value is -1.46. The zero-order chi connectivity index (χ0) is 13.9. The van der Waals surface area contributed by atoms with Gasteiger partial charge in [0.25, 0.3) is 5.91 Å². The van der Waals surface area contributed by atoms with E-state index in [1.54, 1.807) is 11.3 Å². The lowest BCUT2D eigenvalue weighted by Crippen LogP contribution is -2.11. The first-order valence-corrected chi connectivity index (χ1v) is 7.82. The SMILES string of the molecule is O=C(Nc1cc(Cl)ncn1)c1cc2c(s1)CCCCC2. The molecule has 0 aromatic carbocycles. The van der Waals surface area contributed by atoms with Crippen LogP contribution in [0.5, 0.6) is 0 Å². The van der Waals surface area contributed by atoms with Crippen LogP contribution < -0.4 is 5.32 Å². The van der Waals surface area contributed by atoms with E-state index in [9.17, 15) is 4.79 Å². The van der Waals surface area contributed by atoms with Gasteiger partial charge in [-0.3, -0.25) is 4.79 Å². The summed E-state index contributed by atoms with van der Waals surface area (Å²) in [6.45, 7) is 0. The van der Waals surface area contributed by atoms with E-state index in [-0.39, 0.29) is 5.91 Å². The first-order valence-electron chi connectivity index (χ1n) is 6.63. The molecule has 2 aromatic rings. The first kappa shape index (κ1) is 13.5. The van der Waals surface area contributed by atoms with Crippen LogP contribution in [0.3, 0.4) is 0 Å². The number of carbonyl (C=O) groups is 1. The topological polar surface area (TPSA) is 54.9 Å². The summed E-state index contributed by atoms with van der Waals surface area (Å²) in [6, 6.07) is 3.56. The third-order valence-corrected chi connectivity index (χ3v) is 4.79. The lowest BCUT2D eigenvalue weighted by molar-refractivity contribution is 0.103. The molecule has 1 amide bonds. The highest BCUT2D eigenvalue weighted by Gasteiger charge is 2.16. The molecular formula is C14H14ClN3OS. The number of nitrogens with zero attached hydrogens (tertiary/aromatic N) is 2. The van der Waals surface area contributed by atoms with Gasteiger partial charge in [-0.25, -0.2) is 9.97 Å². The van der Waals surface area contributed by atoms with Gasteiger partial charge >= 0.3 is 0 Å². The maximum Gasteiger partial charge on any atom is 0.266 e. The number of rotatable bonds is 2. The highest BCUT2D eigenvalue weighted by molar-refractivity contribution is 7.14. The lowest BCUT2D eigenvalue weighted by atomic mass is 10.1. The average Bonchev–Trinajstić information content (AvgIpc) is 2.70. The Morgan fingerprint density at radius 3 is 2.90 bits per heavy atom. The summed E-state index contributed by atoms with van der Waals surface area (Å²) in [6.07, 6.45) is 7.22. The minimum atomic E-state index is -0.127. The maximum atomic E-state index is 12.2. The molecule has 2 aromatic heterocycles. The number of halogens is 1. The number of fused-ring (bicyclic) bond motifs is 1. The lowest BCUT2D eigenvalue weighted by Gasteiger charge is -2.02. The minimum absolute atomic E-state index is 0.127. The van der Waals surface area contributed by atoms with Gasteiger partial charge in [0.15, 0.2) is 0 Å². The zero-order valence-corrected chi connectivity index (χ0v) is 12.4. The number of amides is 1. The van der Waals surface area contributed by atoms with E-state index in [0.29, 0.717) is 11.0 Å². The number of aromatic nitrogens is 2. The van der Waals surface area contributed by atoms with Crippen molar-refractivity contribution in [2.45, 2.75) is 32.1 Å². The van der Waals surface area contributed by atoms with Gasteiger partial charge in [0, 0.05) is 10.9 Å². The summed E-state index contributed by atoms with van der Waals surface area (Å²) in [4.78, 5) is 22.1. The standard InChI is InChI=1S/C14H14ClN3OS/c15-12-7-13(17-8-16-12)18-14(19)11-6-9-4-2-1-3-5-10(9)20-11/h6-8H,1-5H2,(H,16,17,18,19). The van der Waals surface area contributed by atoms with E-state index in [1.165, 1.54) is 42.1 Å². The monoisotopic (exact) mass is 307 g/mol. The predicted molar refractivity (Wildman–Crippen MR) is 80.6 cm³/mol. The molecule has 1 aliphatic rings. The van der Waals surface area contributed by atoms with Crippen LogP contribution in [0.25, 0.3) is 0 Å². The van der Waals surface area contributed by atoms with Crippen molar-refractivity contribution in [1.29, 1.82) is 0 Å². The predicted octanol–water partition coefficient (Wildman–Crippen LogP) is 3.71. The Morgan fingerprint density at radius 2 is 2.05 bits per heavy atom. The molecule has 0 bridgehead atoms. The van der Waals surface area contributed by atoms with Gasteiger partial charge in [-0.1, -0.05) is 18.0 Å². The van der Waals surface area contributed by atoms with Gasteiger partial charge < -0.3 is 5.32 Å². The Bertz CT molecular complexity index is 618. The van der Waals surface area contributed by atoms with Crippen molar-refractivity contribution >= 4 is 34.7 Å². The van der Waals surface area contributed by atoms with Crippen molar-refractivity contribution < 1.29 is 4.79 Å². The molecule has 2 heterocycles. The second kappa shape index (κ2) is 5.89. The van der Waals surface area contributed by atoms with Gasteiger partial charge in [-0.05, 0) is 37.3 Å². The van der Waals surface area contributed by atoms with Gasteiger partial charge in [0.2, 0.25) is 0 Å². The molecule has 0 fully saturated rings. The van der Waals surface area contributed by atoms with Crippen LogP contribution in [0.15, 0.2) is 18.5 Å². The quantitative estimate of drug-likeness (QED) is 0.679. The van der Waals surface area contributed by atoms with Crippen LogP contribution in [0.2, 0.25) is 5.15 Å². The number of carbonyl (C=O) groups excluding carboxylic acids is 1. The normalized spacial score (nSPS) is 14.4. The summed E-state index contributed by atoms with van der Waals surface area (Å²) in [5, 5.41) is 3.08. The fraction of sp³-hybridized carbons (Fsp3) is 0.357. The van der Waals surface area contributed by atoms with Crippen molar-refractivity contribution in [3.05, 3.63) is 38.9 Å². The largest absolute Gasteiger partial charge is 0.306 e. The van der Waals surface area contributed by atoms with Crippen LogP contribution in [-0.4, -0.2) is 15.9 Å². The molecule has 0 spiro atoms. The summed E-state index contributed by atoms with van der Waals surface area (Å²) in [5.41, 5.74) is 1.33. The Kier molecular flexibility index (Phi) is 3.98. The molecular weight excluding hydrogens is 294 g/mol. The second-order valence-electron chi connectivity index (χ2n) is 4.80. The van der Waals surface area contributed by atoms with Gasteiger partial charge in [0.05, 0.1) is 4.88 Å². The summed E-state index contributed by atoms with van der Waals surface area (Å²) in [5.74, 6) is 0.302. The van der Waals surface area contributed by atoms with Crippen LogP contribution in [-0.2, 0) is 12.8 Å². The van der Waals surface area contributed by atoms with Crippen LogP contribution in [0.1, 0.15) is 39.4 Å². The molecule has 104 valence electrons. The second-order valence-corrected chi connectivity index (χ2v) is 6.32. The highest BCUT2D eigenvalue weighted by Crippen LogP contribution is 2.29. The molecule has 1 aliphatic carbocycles. The summed E-state index contributed by atoms with van der Waals surface area (Å²) >= 11 is 7.37. The number of nitrogens with one attached hydrogen (secondary N) is 1. The summed E-state index contributed by atoms with van der Waals surface area (Å²) < 4.78 is 0. The van der Waals surface area contributed by atoms with E-state index in [4.69, 9.17) is 11.6 Å². The molecule has 1 N–H and O–H groups in total. The van der Waals surface area contributed by atoms with Gasteiger partial charge in [-0.2, -0.15) is 0 Å². The minimum Gasteiger partial charge on any atom is -0.306 e. The highest BCUT2D eigenvalue weighted by atomic mass is 35.5. The molecule has 4 nitrogen and oxygen atoms in total. The number of aryl methyl sites for hydroxylation is 2. The number of hydrogen-bond acceptors (Lipinski definition) is 4. The fourth-order valence-corrected chi connectivity index (χ4v) is 3.66. The van der Waals surface area contributed by atoms with E-state index in [0.717, 1.165) is 17.7 Å². The first-order chi connectivity index (χ1) is 9.72. The molecule has 6 heteroatoms. The Balaban J connectivity index is 1.77. The molecule has 0 unspecified atom stereocenters. The van der Waals surface area contributed by atoms with E-state index < -0.39 is 0 Å². The van der Waals surface area contributed by atoms with Gasteiger partial charge in [0.1, 0.15) is 17.3 Å². The van der Waals surface area contributed by atoms with E-state index in [2.05, 4.69) is 15.3 Å². The number of anilines is 1. The third-order valence-electron chi connectivity index (χ3n) is 3.35. The molecule has 0 saturated carbocycles. The maximum absolute atomic E-state index is 12.2. The fourth-order valence-electron chi connectivity index (χ4n) is 2.36. The van der Waals surface area contributed by atoms with Gasteiger partial charge in [-0.15, -0.1) is 11.3 Å². The number of thiophene rings is 1. The molecule has 0 saturated heterocycles. The van der Waals surface area contributed by atoms with Crippen molar-refractivity contribution in [2.24, 2.45) is 0 Å². The molecule has 0 radical (unpaired) electrons. The van der Waals surface area contributed by atoms with Crippen molar-refractivity contribution in [3.63, 3.8) is 0 Å². The molecule has 20 heavy (non-hydrogen) atoms. The van der Waals surface area contributed by atoms with Crippen LogP contribution >= 0.6 is 22.9 Å². The Morgan fingerprint density at radius 1 is 1.20 bits per heavy atom. The molecule has 3 rings (SSSR count). The Labute approximate surface area is 126 Å². The van der Waals surface area contributed by atoms with Crippen molar-refractivity contribution in [1.82, 2.24) is 9.97 Å². The summed E-state index contributed by atoms with van der Waals surface area (Å²) in [7, 11) is 0. The third kappa shape index (κ3) is 2.99. The molecule has 0 aliphatic heterocycles. The number of hydrogen-bond donors (Lipinski definition) is 1.